The topological polar surface area (TPSA) is 95.6 Å². The highest BCUT2D eigenvalue weighted by atomic mass is 32.2. The Bertz CT molecular complexity index is 1050. The number of hydrogen-bond donors (Lipinski definition) is 2. The van der Waals surface area contributed by atoms with Gasteiger partial charge in [-0.2, -0.15) is 0 Å². The lowest BCUT2D eigenvalue weighted by atomic mass is 10.1. The van der Waals surface area contributed by atoms with Gasteiger partial charge in [-0.1, -0.05) is 55.8 Å². The molecule has 1 aliphatic carbocycles. The van der Waals surface area contributed by atoms with Crippen molar-refractivity contribution in [1.82, 2.24) is 14.9 Å². The van der Waals surface area contributed by atoms with Gasteiger partial charge in [0, 0.05) is 25.6 Å². The Morgan fingerprint density at radius 2 is 1.71 bits per heavy atom. The van der Waals surface area contributed by atoms with Crippen LogP contribution in [-0.4, -0.2) is 43.8 Å². The van der Waals surface area contributed by atoms with Gasteiger partial charge < -0.3 is 10.2 Å². The summed E-state index contributed by atoms with van der Waals surface area (Å²) >= 11 is 0. The highest BCUT2D eigenvalue weighted by Crippen LogP contribution is 2.22. The molecule has 0 heterocycles. The Kier molecular flexibility index (Phi) is 9.24. The van der Waals surface area contributed by atoms with Crippen molar-refractivity contribution in [2.45, 2.75) is 75.9 Å². The zero-order valence-corrected chi connectivity index (χ0v) is 20.8. The molecule has 8 heteroatoms. The third-order valence-corrected chi connectivity index (χ3v) is 7.49. The predicted octanol–water partition coefficient (Wildman–Crippen LogP) is 3.39. The van der Waals surface area contributed by atoms with E-state index >= 15 is 0 Å². The second kappa shape index (κ2) is 12.1. The van der Waals surface area contributed by atoms with E-state index in [4.69, 9.17) is 0 Å². The molecular formula is C26H35N3O4S. The molecule has 0 saturated heterocycles. The van der Waals surface area contributed by atoms with Crippen LogP contribution in [0.15, 0.2) is 59.5 Å². The third kappa shape index (κ3) is 7.67. The average molecular weight is 486 g/mol. The summed E-state index contributed by atoms with van der Waals surface area (Å²) in [6.07, 6.45) is 4.34. The molecule has 1 aliphatic rings. The number of carbonyl (C=O) groups is 2. The molecule has 0 bridgehead atoms. The van der Waals surface area contributed by atoms with Gasteiger partial charge in [-0.05, 0) is 55.9 Å². The lowest BCUT2D eigenvalue weighted by Crippen LogP contribution is -2.47. The monoisotopic (exact) mass is 485 g/mol. The molecular weight excluding hydrogens is 450 g/mol. The van der Waals surface area contributed by atoms with Crippen molar-refractivity contribution in [2.75, 3.05) is 6.54 Å². The van der Waals surface area contributed by atoms with E-state index in [-0.39, 0.29) is 29.2 Å². The number of amides is 2. The highest BCUT2D eigenvalue weighted by Gasteiger charge is 2.28. The molecule has 7 nitrogen and oxygen atoms in total. The van der Waals surface area contributed by atoms with Crippen molar-refractivity contribution >= 4 is 21.8 Å². The number of nitrogens with zero attached hydrogens (tertiary/aromatic N) is 1. The normalized spacial score (nSPS) is 14.4. The van der Waals surface area contributed by atoms with E-state index in [9.17, 15) is 18.0 Å². The van der Waals surface area contributed by atoms with Crippen LogP contribution < -0.4 is 10.0 Å². The molecule has 1 atom stereocenters. The van der Waals surface area contributed by atoms with Gasteiger partial charge in [-0.15, -0.1) is 0 Å². The number of aryl methyl sites for hydroxylation is 1. The molecule has 0 unspecified atom stereocenters. The fraction of sp³-hybridized carbons (Fsp3) is 0.462. The predicted molar refractivity (Wildman–Crippen MR) is 132 cm³/mol. The van der Waals surface area contributed by atoms with E-state index in [2.05, 4.69) is 17.0 Å². The number of sulfonamides is 1. The first kappa shape index (κ1) is 25.9. The SMILES string of the molecule is CCCCNC(=O)[C@@H](C)N(Cc1ccccc1)C(=O)CCc1ccc(S(=O)(=O)NC2CC2)cc1. The quantitative estimate of drug-likeness (QED) is 0.425. The number of rotatable bonds is 13. The number of carbonyl (C=O) groups excluding carboxylic acids is 2. The minimum atomic E-state index is -3.49. The first-order chi connectivity index (χ1) is 16.3. The standard InChI is InChI=1S/C26H35N3O4S/c1-3-4-18-27-26(31)20(2)29(19-22-8-6-5-7-9-22)25(30)17-12-21-10-15-24(16-11-21)34(32,33)28-23-13-14-23/h5-11,15-16,20,23,28H,3-4,12-14,17-19H2,1-2H3,(H,27,31)/t20-/m1/s1. The van der Waals surface area contributed by atoms with E-state index in [1.807, 2.05) is 30.3 Å². The van der Waals surface area contributed by atoms with E-state index in [0.717, 1.165) is 36.8 Å². The number of hydrogen-bond acceptors (Lipinski definition) is 4. The fourth-order valence-corrected chi connectivity index (χ4v) is 4.92. The van der Waals surface area contributed by atoms with Crippen molar-refractivity contribution in [1.29, 1.82) is 0 Å². The van der Waals surface area contributed by atoms with Crippen LogP contribution in [0.25, 0.3) is 0 Å². The molecule has 1 saturated carbocycles. The van der Waals surface area contributed by atoms with Crippen molar-refractivity contribution < 1.29 is 18.0 Å². The van der Waals surface area contributed by atoms with Crippen molar-refractivity contribution in [3.8, 4) is 0 Å². The van der Waals surface area contributed by atoms with Crippen LogP contribution in [0.5, 0.6) is 0 Å². The summed E-state index contributed by atoms with van der Waals surface area (Å²) in [6.45, 7) is 4.77. The first-order valence-corrected chi connectivity index (χ1v) is 13.5. The Morgan fingerprint density at radius 3 is 2.32 bits per heavy atom. The van der Waals surface area contributed by atoms with Crippen LogP contribution in [0.4, 0.5) is 0 Å². The van der Waals surface area contributed by atoms with Crippen LogP contribution in [0.2, 0.25) is 0 Å². The molecule has 0 aliphatic heterocycles. The molecule has 0 spiro atoms. The lowest BCUT2D eigenvalue weighted by molar-refractivity contribution is -0.140. The van der Waals surface area contributed by atoms with Gasteiger partial charge in [-0.25, -0.2) is 13.1 Å². The van der Waals surface area contributed by atoms with E-state index < -0.39 is 16.1 Å². The summed E-state index contributed by atoms with van der Waals surface area (Å²) in [7, 11) is -3.49. The second-order valence-electron chi connectivity index (χ2n) is 8.87. The van der Waals surface area contributed by atoms with Gasteiger partial charge in [0.2, 0.25) is 21.8 Å². The maximum atomic E-state index is 13.2. The average Bonchev–Trinajstić information content (AvgIpc) is 3.65. The van der Waals surface area contributed by atoms with Crippen LogP contribution in [0.3, 0.4) is 0 Å². The maximum absolute atomic E-state index is 13.2. The minimum Gasteiger partial charge on any atom is -0.354 e. The summed E-state index contributed by atoms with van der Waals surface area (Å²) in [4.78, 5) is 27.7. The maximum Gasteiger partial charge on any atom is 0.242 e. The summed E-state index contributed by atoms with van der Waals surface area (Å²) in [5.74, 6) is -0.274. The Labute approximate surface area is 203 Å². The Balaban J connectivity index is 1.64. The molecule has 2 aromatic rings. The first-order valence-electron chi connectivity index (χ1n) is 12.0. The van der Waals surface area contributed by atoms with Crippen LogP contribution in [-0.2, 0) is 32.6 Å². The lowest BCUT2D eigenvalue weighted by Gasteiger charge is -2.29. The highest BCUT2D eigenvalue weighted by molar-refractivity contribution is 7.89. The summed E-state index contributed by atoms with van der Waals surface area (Å²) in [6, 6.07) is 15.7. The molecule has 0 radical (unpaired) electrons. The van der Waals surface area contributed by atoms with Crippen LogP contribution in [0, 0.1) is 0 Å². The molecule has 184 valence electrons. The minimum absolute atomic E-state index is 0.0547. The van der Waals surface area contributed by atoms with E-state index in [1.165, 1.54) is 0 Å². The van der Waals surface area contributed by atoms with E-state index in [1.54, 1.807) is 36.1 Å². The molecule has 1 fully saturated rings. The van der Waals surface area contributed by atoms with Crippen molar-refractivity contribution in [3.63, 3.8) is 0 Å². The zero-order valence-electron chi connectivity index (χ0n) is 20.0. The van der Waals surface area contributed by atoms with Gasteiger partial charge in [0.15, 0.2) is 0 Å². The Morgan fingerprint density at radius 1 is 1.03 bits per heavy atom. The molecule has 0 aromatic heterocycles. The zero-order chi connectivity index (χ0) is 24.6. The molecule has 2 aromatic carbocycles. The molecule has 3 rings (SSSR count). The van der Waals surface area contributed by atoms with Crippen molar-refractivity contribution in [3.05, 3.63) is 65.7 Å². The summed E-state index contributed by atoms with van der Waals surface area (Å²) < 4.78 is 27.4. The number of benzene rings is 2. The number of nitrogens with one attached hydrogen (secondary N) is 2. The third-order valence-electron chi connectivity index (χ3n) is 5.95. The van der Waals surface area contributed by atoms with Crippen LogP contribution in [0.1, 0.15) is 57.1 Å². The smallest absolute Gasteiger partial charge is 0.242 e. The van der Waals surface area contributed by atoms with Gasteiger partial charge in [-0.3, -0.25) is 9.59 Å². The molecule has 2 N–H and O–H groups in total. The molecule has 2 amide bonds. The summed E-state index contributed by atoms with van der Waals surface area (Å²) in [5.41, 5.74) is 1.83. The summed E-state index contributed by atoms with van der Waals surface area (Å²) in [5, 5.41) is 2.92. The van der Waals surface area contributed by atoms with Gasteiger partial charge in [0.1, 0.15) is 6.04 Å². The van der Waals surface area contributed by atoms with Crippen LogP contribution >= 0.6 is 0 Å². The number of unbranched alkanes of at least 4 members (excludes halogenated alkanes) is 1. The fourth-order valence-electron chi connectivity index (χ4n) is 3.62. The van der Waals surface area contributed by atoms with Gasteiger partial charge in [0.25, 0.3) is 0 Å². The van der Waals surface area contributed by atoms with Gasteiger partial charge >= 0.3 is 0 Å². The van der Waals surface area contributed by atoms with Crippen molar-refractivity contribution in [2.24, 2.45) is 0 Å². The largest absolute Gasteiger partial charge is 0.354 e. The molecule has 34 heavy (non-hydrogen) atoms. The van der Waals surface area contributed by atoms with Gasteiger partial charge in [0.05, 0.1) is 4.90 Å². The van der Waals surface area contributed by atoms with E-state index in [0.29, 0.717) is 19.5 Å². The second-order valence-corrected chi connectivity index (χ2v) is 10.6. The Hall–Kier alpha value is -2.71.